The van der Waals surface area contributed by atoms with Gasteiger partial charge in [0.2, 0.25) is 0 Å². The van der Waals surface area contributed by atoms with Crippen molar-refractivity contribution in [3.8, 4) is 5.75 Å². The maximum atomic E-state index is 11.4. The molecule has 2 rings (SSSR count). The van der Waals surface area contributed by atoms with E-state index in [4.69, 9.17) is 10.5 Å². The van der Waals surface area contributed by atoms with E-state index < -0.39 is 12.1 Å². The van der Waals surface area contributed by atoms with Gasteiger partial charge in [0.1, 0.15) is 11.9 Å². The minimum atomic E-state index is -1.11. The first-order chi connectivity index (χ1) is 6.65. The summed E-state index contributed by atoms with van der Waals surface area (Å²) in [6.07, 6.45) is -1.11. The van der Waals surface area contributed by atoms with E-state index in [0.717, 1.165) is 0 Å². The number of Topliss-reactive ketones (excluding diaryl/α,β-unsaturated/α-hetero) is 1. The fraction of sp³-hybridized carbons (Fsp3) is 0.300. The Kier molecular flexibility index (Phi) is 2.02. The second kappa shape index (κ2) is 3.08. The number of aliphatic hydroxyl groups excluding tert-OH is 1. The number of ketones is 1. The summed E-state index contributed by atoms with van der Waals surface area (Å²) in [5.74, 6) is 0.330. The molecule has 74 valence electrons. The van der Waals surface area contributed by atoms with Crippen LogP contribution in [0.2, 0.25) is 0 Å². The van der Waals surface area contributed by atoms with Crippen LogP contribution >= 0.6 is 0 Å². The van der Waals surface area contributed by atoms with Gasteiger partial charge in [-0.15, -0.1) is 0 Å². The standard InChI is InChI=1S/C10H11NO3/c1-14-5-2-3-6-7(4-5)8(11)10(13)9(6)12/h2-4,8,10,13H,11H2,1H3/t8-,10-/m1/s1. The van der Waals surface area contributed by atoms with Crippen LogP contribution in [-0.4, -0.2) is 24.1 Å². The third kappa shape index (κ3) is 1.12. The smallest absolute Gasteiger partial charge is 0.193 e. The maximum absolute atomic E-state index is 11.4. The molecule has 1 aliphatic carbocycles. The normalized spacial score (nSPS) is 24.9. The first-order valence-corrected chi connectivity index (χ1v) is 4.31. The van der Waals surface area contributed by atoms with Crippen LogP contribution < -0.4 is 10.5 Å². The zero-order valence-electron chi connectivity index (χ0n) is 7.73. The topological polar surface area (TPSA) is 72.6 Å². The largest absolute Gasteiger partial charge is 0.497 e. The highest BCUT2D eigenvalue weighted by atomic mass is 16.5. The van der Waals surface area contributed by atoms with E-state index in [9.17, 15) is 9.90 Å². The molecule has 4 heteroatoms. The molecule has 0 spiro atoms. The Morgan fingerprint density at radius 2 is 2.21 bits per heavy atom. The average Bonchev–Trinajstić information content (AvgIpc) is 2.44. The van der Waals surface area contributed by atoms with Crippen LogP contribution in [0.1, 0.15) is 22.0 Å². The zero-order valence-corrected chi connectivity index (χ0v) is 7.73. The second-order valence-electron chi connectivity index (χ2n) is 3.29. The lowest BCUT2D eigenvalue weighted by Gasteiger charge is -2.08. The monoisotopic (exact) mass is 193 g/mol. The molecule has 0 saturated heterocycles. The third-order valence-electron chi connectivity index (χ3n) is 2.49. The zero-order chi connectivity index (χ0) is 10.3. The summed E-state index contributed by atoms with van der Waals surface area (Å²) in [4.78, 5) is 11.4. The lowest BCUT2D eigenvalue weighted by Crippen LogP contribution is -2.25. The van der Waals surface area contributed by atoms with Crippen LogP contribution in [0.15, 0.2) is 18.2 Å². The maximum Gasteiger partial charge on any atom is 0.193 e. The molecule has 1 aromatic carbocycles. The lowest BCUT2D eigenvalue weighted by atomic mass is 10.1. The predicted molar refractivity (Wildman–Crippen MR) is 50.3 cm³/mol. The first-order valence-electron chi connectivity index (χ1n) is 4.31. The van der Waals surface area contributed by atoms with Gasteiger partial charge in [-0.3, -0.25) is 4.79 Å². The molecule has 2 atom stereocenters. The average molecular weight is 193 g/mol. The highest BCUT2D eigenvalue weighted by Crippen LogP contribution is 2.32. The van der Waals surface area contributed by atoms with Crippen molar-refractivity contribution in [2.24, 2.45) is 5.73 Å². The summed E-state index contributed by atoms with van der Waals surface area (Å²) >= 11 is 0. The van der Waals surface area contributed by atoms with Crippen LogP contribution in [0.3, 0.4) is 0 Å². The first kappa shape index (κ1) is 9.18. The number of carbonyl (C=O) groups excluding carboxylic acids is 1. The summed E-state index contributed by atoms with van der Waals surface area (Å²) in [7, 11) is 1.54. The molecule has 0 heterocycles. The van der Waals surface area contributed by atoms with Gasteiger partial charge in [-0.25, -0.2) is 0 Å². The molecule has 0 unspecified atom stereocenters. The molecule has 0 saturated carbocycles. The lowest BCUT2D eigenvalue weighted by molar-refractivity contribution is 0.0736. The van der Waals surface area contributed by atoms with E-state index >= 15 is 0 Å². The summed E-state index contributed by atoms with van der Waals surface area (Å²) in [6.45, 7) is 0. The number of carbonyl (C=O) groups is 1. The Balaban J connectivity index is 2.53. The molecule has 0 radical (unpaired) electrons. The number of nitrogens with two attached hydrogens (primary N) is 1. The van der Waals surface area contributed by atoms with Gasteiger partial charge in [0, 0.05) is 5.56 Å². The second-order valence-corrected chi connectivity index (χ2v) is 3.29. The van der Waals surface area contributed by atoms with E-state index in [0.29, 0.717) is 16.9 Å². The summed E-state index contributed by atoms with van der Waals surface area (Å²) < 4.78 is 5.01. The summed E-state index contributed by atoms with van der Waals surface area (Å²) in [5, 5.41) is 9.44. The fourth-order valence-corrected chi connectivity index (χ4v) is 1.66. The molecule has 3 N–H and O–H groups in total. The molecule has 4 nitrogen and oxygen atoms in total. The van der Waals surface area contributed by atoms with Gasteiger partial charge in [-0.05, 0) is 23.8 Å². The molecule has 1 aliphatic rings. The number of ether oxygens (including phenoxy) is 1. The van der Waals surface area contributed by atoms with Crippen molar-refractivity contribution in [3.63, 3.8) is 0 Å². The molecular weight excluding hydrogens is 182 g/mol. The molecule has 14 heavy (non-hydrogen) atoms. The number of hydrogen-bond acceptors (Lipinski definition) is 4. The Hall–Kier alpha value is -1.39. The number of benzene rings is 1. The highest BCUT2D eigenvalue weighted by molar-refractivity contribution is 6.04. The van der Waals surface area contributed by atoms with Crippen LogP contribution in [0.5, 0.6) is 5.75 Å². The van der Waals surface area contributed by atoms with Crippen LogP contribution in [-0.2, 0) is 0 Å². The van der Waals surface area contributed by atoms with Gasteiger partial charge in [0.25, 0.3) is 0 Å². The van der Waals surface area contributed by atoms with Crippen molar-refractivity contribution in [2.75, 3.05) is 7.11 Å². The third-order valence-corrected chi connectivity index (χ3v) is 2.49. The van der Waals surface area contributed by atoms with Crippen molar-refractivity contribution in [2.45, 2.75) is 12.1 Å². The van der Waals surface area contributed by atoms with E-state index in [2.05, 4.69) is 0 Å². The van der Waals surface area contributed by atoms with Gasteiger partial charge in [0.05, 0.1) is 13.2 Å². The van der Waals surface area contributed by atoms with Crippen LogP contribution in [0.4, 0.5) is 0 Å². The van der Waals surface area contributed by atoms with E-state index in [1.165, 1.54) is 0 Å². The molecular formula is C10H11NO3. The van der Waals surface area contributed by atoms with Crippen LogP contribution in [0, 0.1) is 0 Å². The van der Waals surface area contributed by atoms with Gasteiger partial charge in [0.15, 0.2) is 5.78 Å². The van der Waals surface area contributed by atoms with Gasteiger partial charge >= 0.3 is 0 Å². The molecule has 0 fully saturated rings. The molecule has 0 amide bonds. The molecule has 0 aromatic heterocycles. The SMILES string of the molecule is COc1ccc2c(c1)[C@@H](N)[C@@H](O)C2=O. The predicted octanol–water partition coefficient (Wildman–Crippen LogP) is 0.252. The Morgan fingerprint density at radius 3 is 2.86 bits per heavy atom. The number of fused-ring (bicyclic) bond motifs is 1. The number of methoxy groups -OCH3 is 1. The number of rotatable bonds is 1. The minimum absolute atomic E-state index is 0.310. The number of hydrogen-bond donors (Lipinski definition) is 2. The van der Waals surface area contributed by atoms with E-state index in [-0.39, 0.29) is 5.78 Å². The summed E-state index contributed by atoms with van der Waals surface area (Å²) in [6, 6.07) is 4.37. The van der Waals surface area contributed by atoms with Gasteiger partial charge < -0.3 is 15.6 Å². The van der Waals surface area contributed by atoms with Crippen molar-refractivity contribution < 1.29 is 14.6 Å². The highest BCUT2D eigenvalue weighted by Gasteiger charge is 2.36. The Morgan fingerprint density at radius 1 is 1.50 bits per heavy atom. The van der Waals surface area contributed by atoms with Crippen molar-refractivity contribution in [1.82, 2.24) is 0 Å². The Labute approximate surface area is 81.3 Å². The van der Waals surface area contributed by atoms with Crippen molar-refractivity contribution >= 4 is 5.78 Å². The number of aliphatic hydroxyl groups is 1. The Bertz CT molecular complexity index is 389. The van der Waals surface area contributed by atoms with E-state index in [1.54, 1.807) is 25.3 Å². The van der Waals surface area contributed by atoms with Gasteiger partial charge in [-0.1, -0.05) is 0 Å². The van der Waals surface area contributed by atoms with Gasteiger partial charge in [-0.2, -0.15) is 0 Å². The van der Waals surface area contributed by atoms with Crippen LogP contribution in [0.25, 0.3) is 0 Å². The summed E-state index contributed by atoms with van der Waals surface area (Å²) in [5.41, 5.74) is 6.82. The molecule has 0 bridgehead atoms. The molecule has 1 aromatic rings. The minimum Gasteiger partial charge on any atom is -0.497 e. The van der Waals surface area contributed by atoms with Crippen molar-refractivity contribution in [3.05, 3.63) is 29.3 Å². The van der Waals surface area contributed by atoms with Crippen molar-refractivity contribution in [1.29, 1.82) is 0 Å². The van der Waals surface area contributed by atoms with E-state index in [1.807, 2.05) is 0 Å². The quantitative estimate of drug-likeness (QED) is 0.670. The fourth-order valence-electron chi connectivity index (χ4n) is 1.66. The molecule has 0 aliphatic heterocycles.